The number of benzene rings is 2. The summed E-state index contributed by atoms with van der Waals surface area (Å²) < 4.78 is 5.31. The van der Waals surface area contributed by atoms with E-state index in [2.05, 4.69) is 17.4 Å². The maximum Gasteiger partial charge on any atom is 0.407 e. The number of β-amino-alcohol motifs (C(OH)–C–C–N with tert-alkyl or cyclic N) is 2. The topological polar surface area (TPSA) is 102 Å². The van der Waals surface area contributed by atoms with Gasteiger partial charge in [-0.2, -0.15) is 0 Å². The lowest BCUT2D eigenvalue weighted by Gasteiger charge is -2.32. The number of hydrogen-bond donors (Lipinski definition) is 3. The van der Waals surface area contributed by atoms with E-state index in [1.54, 1.807) is 0 Å². The SMILES string of the molecule is CC(C)(C)OC(=O)NCc1cccc(C2CCN(C(=O)c3cccc(N4CC(O)C(O)C4)c3)CC2)c1. The van der Waals surface area contributed by atoms with E-state index in [0.717, 1.165) is 24.1 Å². The van der Waals surface area contributed by atoms with E-state index in [1.807, 2.05) is 67.0 Å². The summed E-state index contributed by atoms with van der Waals surface area (Å²) in [6.07, 6.45) is -0.219. The molecule has 194 valence electrons. The summed E-state index contributed by atoms with van der Waals surface area (Å²) in [5.74, 6) is 0.361. The van der Waals surface area contributed by atoms with Gasteiger partial charge in [0.2, 0.25) is 0 Å². The summed E-state index contributed by atoms with van der Waals surface area (Å²) in [6.45, 7) is 7.99. The normalized spacial score (nSPS) is 20.9. The second kappa shape index (κ2) is 10.9. The summed E-state index contributed by atoms with van der Waals surface area (Å²) >= 11 is 0. The van der Waals surface area contributed by atoms with Crippen LogP contribution in [0.5, 0.6) is 0 Å². The number of aliphatic hydroxyl groups excluding tert-OH is 2. The summed E-state index contributed by atoms with van der Waals surface area (Å²) in [7, 11) is 0. The molecule has 2 atom stereocenters. The highest BCUT2D eigenvalue weighted by Gasteiger charge is 2.30. The number of rotatable bonds is 5. The van der Waals surface area contributed by atoms with E-state index in [9.17, 15) is 19.8 Å². The molecule has 2 amide bonds. The smallest absolute Gasteiger partial charge is 0.407 e. The quantitative estimate of drug-likeness (QED) is 0.589. The average molecular weight is 496 g/mol. The molecule has 0 radical (unpaired) electrons. The Morgan fingerprint density at radius 2 is 1.67 bits per heavy atom. The predicted molar refractivity (Wildman–Crippen MR) is 138 cm³/mol. The second-order valence-corrected chi connectivity index (χ2v) is 10.8. The first-order valence-corrected chi connectivity index (χ1v) is 12.6. The molecule has 2 heterocycles. The van der Waals surface area contributed by atoms with Crippen LogP contribution in [0.25, 0.3) is 0 Å². The molecule has 0 bridgehead atoms. The zero-order valence-electron chi connectivity index (χ0n) is 21.3. The molecular weight excluding hydrogens is 458 g/mol. The monoisotopic (exact) mass is 495 g/mol. The van der Waals surface area contributed by atoms with Crippen LogP contribution >= 0.6 is 0 Å². The van der Waals surface area contributed by atoms with Gasteiger partial charge in [-0.25, -0.2) is 4.79 Å². The number of anilines is 1. The molecule has 3 N–H and O–H groups in total. The summed E-state index contributed by atoms with van der Waals surface area (Å²) in [5, 5.41) is 22.5. The number of carbonyl (C=O) groups excluding carboxylic acids is 2. The Kier molecular flexibility index (Phi) is 7.85. The van der Waals surface area contributed by atoms with Crippen molar-refractivity contribution in [3.8, 4) is 0 Å². The fourth-order valence-corrected chi connectivity index (χ4v) is 4.86. The van der Waals surface area contributed by atoms with Crippen LogP contribution in [0.2, 0.25) is 0 Å². The number of alkyl carbamates (subject to hydrolysis) is 1. The molecule has 8 heteroatoms. The molecule has 2 aromatic rings. The van der Waals surface area contributed by atoms with Gasteiger partial charge in [0.05, 0.1) is 12.2 Å². The predicted octanol–water partition coefficient (Wildman–Crippen LogP) is 3.27. The summed E-state index contributed by atoms with van der Waals surface area (Å²) in [4.78, 5) is 29.0. The van der Waals surface area contributed by atoms with Crippen molar-refractivity contribution in [2.75, 3.05) is 31.1 Å². The Labute approximate surface area is 212 Å². The molecule has 2 saturated heterocycles. The van der Waals surface area contributed by atoms with Gasteiger partial charge >= 0.3 is 6.09 Å². The molecular formula is C28H37N3O5. The molecule has 0 saturated carbocycles. The molecule has 4 rings (SSSR count). The van der Waals surface area contributed by atoms with Gasteiger partial charge in [0.1, 0.15) is 5.60 Å². The van der Waals surface area contributed by atoms with Gasteiger partial charge in [0.15, 0.2) is 0 Å². The van der Waals surface area contributed by atoms with Gasteiger partial charge in [-0.3, -0.25) is 4.79 Å². The molecule has 2 fully saturated rings. The van der Waals surface area contributed by atoms with Crippen LogP contribution in [-0.4, -0.2) is 71.1 Å². The van der Waals surface area contributed by atoms with Crippen LogP contribution in [0.1, 0.15) is 61.0 Å². The Morgan fingerprint density at radius 3 is 2.33 bits per heavy atom. The number of carbonyl (C=O) groups is 2. The number of nitrogens with zero attached hydrogens (tertiary/aromatic N) is 2. The third-order valence-corrected chi connectivity index (χ3v) is 6.76. The number of hydrogen-bond acceptors (Lipinski definition) is 6. The Balaban J connectivity index is 1.32. The van der Waals surface area contributed by atoms with E-state index in [0.29, 0.717) is 44.2 Å². The van der Waals surface area contributed by atoms with E-state index >= 15 is 0 Å². The number of piperidine rings is 1. The van der Waals surface area contributed by atoms with Gasteiger partial charge in [-0.15, -0.1) is 0 Å². The molecule has 2 unspecified atom stereocenters. The lowest BCUT2D eigenvalue weighted by molar-refractivity contribution is 0.0523. The third-order valence-electron chi connectivity index (χ3n) is 6.76. The van der Waals surface area contributed by atoms with Gasteiger partial charge in [0.25, 0.3) is 5.91 Å². The van der Waals surface area contributed by atoms with Gasteiger partial charge in [-0.1, -0.05) is 30.3 Å². The zero-order valence-corrected chi connectivity index (χ0v) is 21.3. The van der Waals surface area contributed by atoms with Crippen molar-refractivity contribution >= 4 is 17.7 Å². The highest BCUT2D eigenvalue weighted by atomic mass is 16.6. The van der Waals surface area contributed by atoms with Crippen LogP contribution in [0.4, 0.5) is 10.5 Å². The molecule has 2 aromatic carbocycles. The van der Waals surface area contributed by atoms with Gasteiger partial charge in [0, 0.05) is 44.0 Å². The zero-order chi connectivity index (χ0) is 25.9. The van der Waals surface area contributed by atoms with Gasteiger partial charge in [-0.05, 0) is 68.9 Å². The molecule has 8 nitrogen and oxygen atoms in total. The van der Waals surface area contributed by atoms with Crippen molar-refractivity contribution < 1.29 is 24.5 Å². The van der Waals surface area contributed by atoms with Crippen molar-refractivity contribution in [2.45, 2.75) is 63.9 Å². The van der Waals surface area contributed by atoms with Crippen molar-refractivity contribution in [1.82, 2.24) is 10.2 Å². The van der Waals surface area contributed by atoms with E-state index in [4.69, 9.17) is 4.74 Å². The van der Waals surface area contributed by atoms with Crippen molar-refractivity contribution in [3.63, 3.8) is 0 Å². The van der Waals surface area contributed by atoms with Crippen LogP contribution in [0.3, 0.4) is 0 Å². The highest BCUT2D eigenvalue weighted by Crippen LogP contribution is 2.30. The lowest BCUT2D eigenvalue weighted by Crippen LogP contribution is -2.38. The van der Waals surface area contributed by atoms with Gasteiger partial charge < -0.3 is 30.1 Å². The minimum absolute atomic E-state index is 0.00547. The average Bonchev–Trinajstić information content (AvgIpc) is 3.20. The Hall–Kier alpha value is -3.10. The third kappa shape index (κ3) is 6.56. The molecule has 0 spiro atoms. The fourth-order valence-electron chi connectivity index (χ4n) is 4.86. The second-order valence-electron chi connectivity index (χ2n) is 10.8. The van der Waals surface area contributed by atoms with E-state index in [-0.39, 0.29) is 5.91 Å². The number of likely N-dealkylation sites (tertiary alicyclic amines) is 1. The van der Waals surface area contributed by atoms with Crippen molar-refractivity contribution in [1.29, 1.82) is 0 Å². The molecule has 0 aliphatic carbocycles. The molecule has 36 heavy (non-hydrogen) atoms. The maximum absolute atomic E-state index is 13.2. The van der Waals surface area contributed by atoms with Crippen LogP contribution in [0, 0.1) is 0 Å². The highest BCUT2D eigenvalue weighted by molar-refractivity contribution is 5.95. The lowest BCUT2D eigenvalue weighted by atomic mass is 9.88. The van der Waals surface area contributed by atoms with Crippen molar-refractivity contribution in [2.24, 2.45) is 0 Å². The van der Waals surface area contributed by atoms with Crippen LogP contribution in [-0.2, 0) is 11.3 Å². The largest absolute Gasteiger partial charge is 0.444 e. The standard InChI is InChI=1S/C28H37N3O5/c1-28(2,3)36-27(35)29-16-19-6-4-7-21(14-19)20-10-12-30(13-11-20)26(34)22-8-5-9-23(15-22)31-17-24(32)25(33)18-31/h4-9,14-15,20,24-25,32-33H,10-13,16-18H2,1-3H3,(H,29,35). The maximum atomic E-state index is 13.2. The summed E-state index contributed by atoms with van der Waals surface area (Å²) in [6, 6.07) is 15.7. The number of aliphatic hydroxyl groups is 2. The Bertz CT molecular complexity index is 1060. The number of amides is 2. The van der Waals surface area contributed by atoms with Crippen LogP contribution in [0.15, 0.2) is 48.5 Å². The summed E-state index contributed by atoms with van der Waals surface area (Å²) in [5.41, 5.74) is 3.17. The molecule has 2 aliphatic heterocycles. The fraction of sp³-hybridized carbons (Fsp3) is 0.500. The van der Waals surface area contributed by atoms with Crippen molar-refractivity contribution in [3.05, 3.63) is 65.2 Å². The number of nitrogens with one attached hydrogen (secondary N) is 1. The van der Waals surface area contributed by atoms with Crippen LogP contribution < -0.4 is 10.2 Å². The first kappa shape index (κ1) is 26.0. The minimum Gasteiger partial charge on any atom is -0.444 e. The number of ether oxygens (including phenoxy) is 1. The first-order valence-electron chi connectivity index (χ1n) is 12.6. The first-order chi connectivity index (χ1) is 17.1. The minimum atomic E-state index is -0.769. The Morgan fingerprint density at radius 1 is 1.00 bits per heavy atom. The molecule has 0 aromatic heterocycles. The van der Waals surface area contributed by atoms with E-state index < -0.39 is 23.9 Å². The van der Waals surface area contributed by atoms with E-state index in [1.165, 1.54) is 5.56 Å². The molecule has 2 aliphatic rings.